The first-order valence-corrected chi connectivity index (χ1v) is 10.8. The Hall–Kier alpha value is -2.18. The van der Waals surface area contributed by atoms with Gasteiger partial charge >= 0.3 is 0 Å². The van der Waals surface area contributed by atoms with Gasteiger partial charge in [-0.15, -0.1) is 11.3 Å². The highest BCUT2D eigenvalue weighted by molar-refractivity contribution is 7.14. The van der Waals surface area contributed by atoms with Crippen LogP contribution in [-0.4, -0.2) is 33.9 Å². The molecule has 1 amide bonds. The molecule has 6 heteroatoms. The van der Waals surface area contributed by atoms with Crippen molar-refractivity contribution < 1.29 is 4.79 Å². The molecule has 1 aromatic carbocycles. The van der Waals surface area contributed by atoms with Gasteiger partial charge in [-0.05, 0) is 63.2 Å². The first-order valence-electron chi connectivity index (χ1n) is 9.88. The van der Waals surface area contributed by atoms with Crippen molar-refractivity contribution in [2.45, 2.75) is 45.1 Å². The lowest BCUT2D eigenvalue weighted by atomic mass is 9.95. The predicted octanol–water partition coefficient (Wildman–Crippen LogP) is 4.35. The van der Waals surface area contributed by atoms with E-state index >= 15 is 0 Å². The van der Waals surface area contributed by atoms with E-state index in [-0.39, 0.29) is 5.91 Å². The van der Waals surface area contributed by atoms with Gasteiger partial charge < -0.3 is 4.98 Å². The van der Waals surface area contributed by atoms with Gasteiger partial charge in [0.1, 0.15) is 0 Å². The van der Waals surface area contributed by atoms with Crippen molar-refractivity contribution in [3.63, 3.8) is 0 Å². The highest BCUT2D eigenvalue weighted by atomic mass is 32.1. The van der Waals surface area contributed by atoms with Crippen molar-refractivity contribution >= 4 is 33.3 Å². The molecule has 3 heterocycles. The van der Waals surface area contributed by atoms with E-state index in [1.165, 1.54) is 53.7 Å². The second-order valence-corrected chi connectivity index (χ2v) is 8.46. The van der Waals surface area contributed by atoms with Gasteiger partial charge in [0.05, 0.1) is 16.8 Å². The molecular formula is C21H24N4OS. The van der Waals surface area contributed by atoms with Crippen molar-refractivity contribution in [3.8, 4) is 0 Å². The van der Waals surface area contributed by atoms with Gasteiger partial charge in [0.2, 0.25) is 0 Å². The summed E-state index contributed by atoms with van der Waals surface area (Å²) < 4.78 is 0. The van der Waals surface area contributed by atoms with Gasteiger partial charge in [0.15, 0.2) is 5.13 Å². The number of aromatic nitrogens is 2. The fourth-order valence-corrected chi connectivity index (χ4v) is 5.09. The molecule has 0 radical (unpaired) electrons. The van der Waals surface area contributed by atoms with Crippen LogP contribution in [0.1, 0.15) is 53.0 Å². The number of aryl methyl sites for hydroxylation is 2. The van der Waals surface area contributed by atoms with Crippen LogP contribution in [0.15, 0.2) is 23.6 Å². The summed E-state index contributed by atoms with van der Waals surface area (Å²) >= 11 is 1.51. The molecule has 0 spiro atoms. The third-order valence-electron chi connectivity index (χ3n) is 5.73. The third kappa shape index (κ3) is 3.28. The molecule has 1 aliphatic carbocycles. The molecule has 5 nitrogen and oxygen atoms in total. The molecule has 1 fully saturated rings. The summed E-state index contributed by atoms with van der Waals surface area (Å²) in [5, 5.41) is 6.95. The molecule has 27 heavy (non-hydrogen) atoms. The Morgan fingerprint density at radius 1 is 1.19 bits per heavy atom. The normalized spacial score (nSPS) is 17.3. The molecule has 0 atom stereocenters. The van der Waals surface area contributed by atoms with Crippen LogP contribution in [0.25, 0.3) is 10.9 Å². The maximum Gasteiger partial charge on any atom is 0.259 e. The standard InChI is InChI=1S/C21H24N4OS/c26-20(24-21-22-14(13-27-21)12-25-10-3-4-11-25)17-8-5-7-16-15-6-1-2-9-18(15)23-19(16)17/h5,7-8,13,23H,1-4,6,9-12H2,(H,22,24,26). The van der Waals surface area contributed by atoms with Crippen LogP contribution >= 0.6 is 11.3 Å². The van der Waals surface area contributed by atoms with E-state index in [0.29, 0.717) is 10.7 Å². The first kappa shape index (κ1) is 17.0. The maximum absolute atomic E-state index is 12.9. The number of hydrogen-bond donors (Lipinski definition) is 2. The van der Waals surface area contributed by atoms with Gasteiger partial charge in [0, 0.05) is 23.0 Å². The number of para-hydroxylation sites is 1. The number of anilines is 1. The zero-order chi connectivity index (χ0) is 18.2. The SMILES string of the molecule is O=C(Nc1nc(CN2CCCC2)cs1)c1cccc2c3c([nH]c12)CCCC3. The Morgan fingerprint density at radius 3 is 2.93 bits per heavy atom. The topological polar surface area (TPSA) is 61.0 Å². The van der Waals surface area contributed by atoms with Crippen molar-refractivity contribution in [2.75, 3.05) is 18.4 Å². The Balaban J connectivity index is 1.37. The van der Waals surface area contributed by atoms with Crippen molar-refractivity contribution in [1.82, 2.24) is 14.9 Å². The number of carbonyl (C=O) groups excluding carboxylic acids is 1. The van der Waals surface area contributed by atoms with Crippen LogP contribution in [0.4, 0.5) is 5.13 Å². The highest BCUT2D eigenvalue weighted by Gasteiger charge is 2.20. The summed E-state index contributed by atoms with van der Waals surface area (Å²) in [5.41, 5.74) is 5.42. The fraction of sp³-hybridized carbons (Fsp3) is 0.429. The van der Waals surface area contributed by atoms with Crippen LogP contribution < -0.4 is 5.32 Å². The second-order valence-electron chi connectivity index (χ2n) is 7.60. The highest BCUT2D eigenvalue weighted by Crippen LogP contribution is 2.31. The number of fused-ring (bicyclic) bond motifs is 3. The van der Waals surface area contributed by atoms with Crippen molar-refractivity contribution in [2.24, 2.45) is 0 Å². The Morgan fingerprint density at radius 2 is 2.04 bits per heavy atom. The second kappa shape index (κ2) is 7.09. The molecule has 1 aliphatic heterocycles. The average Bonchev–Trinajstić information content (AvgIpc) is 3.42. The number of carbonyl (C=O) groups is 1. The van der Waals surface area contributed by atoms with Gasteiger partial charge in [-0.25, -0.2) is 4.98 Å². The van der Waals surface area contributed by atoms with Crippen LogP contribution in [0.5, 0.6) is 0 Å². The molecule has 5 rings (SSSR count). The number of benzene rings is 1. The molecule has 140 valence electrons. The van der Waals surface area contributed by atoms with Crippen molar-refractivity contribution in [1.29, 1.82) is 0 Å². The zero-order valence-electron chi connectivity index (χ0n) is 15.4. The summed E-state index contributed by atoms with van der Waals surface area (Å²) in [7, 11) is 0. The van der Waals surface area contributed by atoms with Crippen LogP contribution in [0, 0.1) is 0 Å². The number of likely N-dealkylation sites (tertiary alicyclic amines) is 1. The van der Waals surface area contributed by atoms with E-state index in [0.717, 1.165) is 43.7 Å². The van der Waals surface area contributed by atoms with Gasteiger partial charge in [-0.1, -0.05) is 12.1 Å². The Labute approximate surface area is 162 Å². The summed E-state index contributed by atoms with van der Waals surface area (Å²) in [6.07, 6.45) is 7.19. The van der Waals surface area contributed by atoms with E-state index in [2.05, 4.69) is 31.6 Å². The summed E-state index contributed by atoms with van der Waals surface area (Å²) in [6.45, 7) is 3.18. The number of nitrogens with one attached hydrogen (secondary N) is 2. The Kier molecular flexibility index (Phi) is 4.45. The minimum atomic E-state index is -0.0822. The van der Waals surface area contributed by atoms with E-state index in [1.807, 2.05) is 12.1 Å². The number of thiazole rings is 1. The minimum Gasteiger partial charge on any atom is -0.358 e. The number of amides is 1. The molecule has 1 saturated heterocycles. The van der Waals surface area contributed by atoms with Gasteiger partial charge in [-0.3, -0.25) is 15.0 Å². The number of hydrogen-bond acceptors (Lipinski definition) is 4. The van der Waals surface area contributed by atoms with E-state index in [1.54, 1.807) is 0 Å². The number of H-pyrrole nitrogens is 1. The summed E-state index contributed by atoms with van der Waals surface area (Å²) in [4.78, 5) is 23.5. The minimum absolute atomic E-state index is 0.0822. The molecular weight excluding hydrogens is 356 g/mol. The smallest absolute Gasteiger partial charge is 0.259 e. The van der Waals surface area contributed by atoms with Gasteiger partial charge in [0.25, 0.3) is 5.91 Å². The number of nitrogens with zero attached hydrogens (tertiary/aromatic N) is 2. The largest absolute Gasteiger partial charge is 0.358 e. The van der Waals surface area contributed by atoms with E-state index in [4.69, 9.17) is 0 Å². The number of rotatable bonds is 4. The van der Waals surface area contributed by atoms with E-state index in [9.17, 15) is 4.79 Å². The summed E-state index contributed by atoms with van der Waals surface area (Å²) in [6, 6.07) is 6.02. The van der Waals surface area contributed by atoms with Gasteiger partial charge in [-0.2, -0.15) is 0 Å². The monoisotopic (exact) mass is 380 g/mol. The maximum atomic E-state index is 12.9. The molecule has 0 saturated carbocycles. The molecule has 0 bridgehead atoms. The summed E-state index contributed by atoms with van der Waals surface area (Å²) in [5.74, 6) is -0.0822. The number of aromatic amines is 1. The third-order valence-corrected chi connectivity index (χ3v) is 6.54. The van der Waals surface area contributed by atoms with Crippen molar-refractivity contribution in [3.05, 3.63) is 46.1 Å². The zero-order valence-corrected chi connectivity index (χ0v) is 16.2. The molecule has 2 aromatic heterocycles. The average molecular weight is 381 g/mol. The first-order chi connectivity index (χ1) is 13.3. The van der Waals surface area contributed by atoms with Crippen LogP contribution in [-0.2, 0) is 19.4 Å². The molecule has 2 aliphatic rings. The fourth-order valence-electron chi connectivity index (χ4n) is 4.39. The lowest BCUT2D eigenvalue weighted by Crippen LogP contribution is -2.18. The molecule has 0 unspecified atom stereocenters. The quantitative estimate of drug-likeness (QED) is 0.707. The van der Waals surface area contributed by atoms with Crippen LogP contribution in [0.3, 0.4) is 0 Å². The predicted molar refractivity (Wildman–Crippen MR) is 110 cm³/mol. The van der Waals surface area contributed by atoms with E-state index < -0.39 is 0 Å². The Bertz CT molecular complexity index is 983. The molecule has 3 aromatic rings. The van der Waals surface area contributed by atoms with Crippen LogP contribution in [0.2, 0.25) is 0 Å². The lowest BCUT2D eigenvalue weighted by Gasteiger charge is -2.11. The lowest BCUT2D eigenvalue weighted by molar-refractivity contribution is 0.102. The molecule has 2 N–H and O–H groups in total.